The molecule has 0 aliphatic rings. The van der Waals surface area contributed by atoms with Crippen molar-refractivity contribution in [3.8, 4) is 17.2 Å². The zero-order valence-electron chi connectivity index (χ0n) is 15.2. The fraction of sp³-hybridized carbons (Fsp3) is 0.267. The number of aromatic nitrogens is 4. The second-order valence-corrected chi connectivity index (χ2v) is 8.05. The van der Waals surface area contributed by atoms with Crippen molar-refractivity contribution in [3.63, 3.8) is 0 Å². The normalized spacial score (nSPS) is 12.1. The molecule has 15 heteroatoms. The molecular formula is C15H14BrFN6O6S. The minimum absolute atomic E-state index is 0.0753. The van der Waals surface area contributed by atoms with Crippen LogP contribution in [0.3, 0.4) is 0 Å². The Labute approximate surface area is 178 Å². The van der Waals surface area contributed by atoms with Gasteiger partial charge in [0, 0.05) is 12.3 Å². The van der Waals surface area contributed by atoms with Crippen LogP contribution in [0, 0.1) is 5.82 Å². The Balaban J connectivity index is 2.00. The van der Waals surface area contributed by atoms with Gasteiger partial charge in [0.2, 0.25) is 11.6 Å². The Kier molecular flexibility index (Phi) is 6.73. The highest BCUT2D eigenvalue weighted by Crippen LogP contribution is 2.28. The predicted octanol–water partition coefficient (Wildman–Crippen LogP) is 1.53. The van der Waals surface area contributed by atoms with Gasteiger partial charge in [0.05, 0.1) is 21.1 Å². The maximum absolute atomic E-state index is 13.6. The number of hydrogen-bond acceptors (Lipinski definition) is 8. The molecule has 0 aliphatic heterocycles. The molecule has 12 nitrogen and oxygen atoms in total. The number of amides is 1. The average molecular weight is 505 g/mol. The van der Waals surface area contributed by atoms with Gasteiger partial charge in [-0.1, -0.05) is 5.16 Å². The summed E-state index contributed by atoms with van der Waals surface area (Å²) in [7, 11) is 0.205. The quantitative estimate of drug-likeness (QED) is 0.464. The van der Waals surface area contributed by atoms with Crippen LogP contribution in [0.2, 0.25) is 0 Å². The average Bonchev–Trinajstić information content (AvgIpc) is 3.33. The molecule has 3 rings (SSSR count). The maximum atomic E-state index is 13.6. The van der Waals surface area contributed by atoms with Crippen molar-refractivity contribution >= 4 is 38.8 Å². The lowest BCUT2D eigenvalue weighted by molar-refractivity contribution is 0.201. The van der Waals surface area contributed by atoms with Crippen LogP contribution in [0.4, 0.5) is 15.0 Å². The Morgan fingerprint density at radius 3 is 2.83 bits per heavy atom. The summed E-state index contributed by atoms with van der Waals surface area (Å²) in [5, 5.41) is 20.5. The maximum Gasteiger partial charge on any atom is 0.446 e. The van der Waals surface area contributed by atoms with E-state index in [1.807, 2.05) is 0 Å². The molecule has 0 radical (unpaired) electrons. The predicted molar refractivity (Wildman–Crippen MR) is 105 cm³/mol. The van der Waals surface area contributed by atoms with Crippen molar-refractivity contribution in [3.05, 3.63) is 39.0 Å². The van der Waals surface area contributed by atoms with Gasteiger partial charge in [-0.25, -0.2) is 32.1 Å². The molecule has 0 aliphatic carbocycles. The molecule has 160 valence electrons. The highest BCUT2D eigenvalue weighted by Gasteiger charge is 2.29. The minimum atomic E-state index is -1.37. The van der Waals surface area contributed by atoms with Crippen LogP contribution in [0.25, 0.3) is 17.2 Å². The number of benzene rings is 1. The summed E-state index contributed by atoms with van der Waals surface area (Å²) in [5.41, 5.74) is 0.00297. The SMILES string of the molecule is CNS(=O)CCCN(C(=O)O)c1nonc1-c1noc(=O)n1-c1ccc(F)c(Br)c1. The third-order valence-electron chi connectivity index (χ3n) is 3.87. The number of carboxylic acid groups (broad SMARTS) is 1. The number of rotatable bonds is 8. The van der Waals surface area contributed by atoms with Crippen molar-refractivity contribution in [1.29, 1.82) is 0 Å². The molecule has 1 unspecified atom stereocenters. The van der Waals surface area contributed by atoms with Gasteiger partial charge in [0.15, 0.2) is 5.69 Å². The van der Waals surface area contributed by atoms with Crippen molar-refractivity contribution in [2.24, 2.45) is 0 Å². The molecule has 2 heterocycles. The van der Waals surface area contributed by atoms with E-state index in [9.17, 15) is 23.3 Å². The van der Waals surface area contributed by atoms with E-state index < -0.39 is 28.7 Å². The van der Waals surface area contributed by atoms with E-state index in [2.05, 4.69) is 40.8 Å². The van der Waals surface area contributed by atoms with Crippen LogP contribution in [0.15, 0.2) is 36.6 Å². The lowest BCUT2D eigenvalue weighted by Gasteiger charge is -2.16. The minimum Gasteiger partial charge on any atom is -0.465 e. The fourth-order valence-electron chi connectivity index (χ4n) is 2.50. The first-order valence-electron chi connectivity index (χ1n) is 8.26. The molecule has 30 heavy (non-hydrogen) atoms. The topological polar surface area (TPSA) is 157 Å². The third kappa shape index (κ3) is 4.47. The highest BCUT2D eigenvalue weighted by atomic mass is 79.9. The third-order valence-corrected chi connectivity index (χ3v) is 5.60. The van der Waals surface area contributed by atoms with Crippen LogP contribution >= 0.6 is 15.9 Å². The van der Waals surface area contributed by atoms with Gasteiger partial charge < -0.3 is 5.11 Å². The first kappa shape index (κ1) is 21.8. The smallest absolute Gasteiger partial charge is 0.446 e. The van der Waals surface area contributed by atoms with Crippen molar-refractivity contribution in [1.82, 2.24) is 24.8 Å². The van der Waals surface area contributed by atoms with E-state index in [1.165, 1.54) is 19.2 Å². The molecule has 1 aromatic carbocycles. The summed E-state index contributed by atoms with van der Waals surface area (Å²) in [6.07, 6.45) is -1.13. The zero-order chi connectivity index (χ0) is 21.8. The van der Waals surface area contributed by atoms with Crippen molar-refractivity contribution < 1.29 is 27.7 Å². The molecule has 1 atom stereocenters. The molecule has 3 aromatic rings. The van der Waals surface area contributed by atoms with Crippen molar-refractivity contribution in [2.75, 3.05) is 24.2 Å². The summed E-state index contributed by atoms with van der Waals surface area (Å²) in [5.74, 6) is -1.70. The summed E-state index contributed by atoms with van der Waals surface area (Å²) in [6, 6.07) is 3.74. The molecule has 0 bridgehead atoms. The van der Waals surface area contributed by atoms with Gasteiger partial charge in [-0.2, -0.15) is 0 Å². The zero-order valence-corrected chi connectivity index (χ0v) is 17.6. The number of carbonyl (C=O) groups is 1. The van der Waals surface area contributed by atoms with E-state index >= 15 is 0 Å². The molecular weight excluding hydrogens is 491 g/mol. The number of halogens is 2. The molecule has 0 fully saturated rings. The standard InChI is InChI=1S/C15H14BrFN6O6S/c1-18-30(27)6-2-5-22(14(24)25)12-11(19-29-21-12)13-20-28-15(26)23(13)8-3-4-10(17)9(16)7-8/h3-4,7,18H,2,5-6H2,1H3,(H,24,25). The van der Waals surface area contributed by atoms with Gasteiger partial charge in [-0.15, -0.1) is 0 Å². The van der Waals surface area contributed by atoms with Gasteiger partial charge in [-0.3, -0.25) is 9.42 Å². The van der Waals surface area contributed by atoms with E-state index in [4.69, 9.17) is 4.52 Å². The van der Waals surface area contributed by atoms with Crippen LogP contribution in [0.5, 0.6) is 0 Å². The van der Waals surface area contributed by atoms with E-state index in [0.29, 0.717) is 0 Å². The molecule has 1 amide bonds. The van der Waals surface area contributed by atoms with E-state index in [1.54, 1.807) is 0 Å². The largest absolute Gasteiger partial charge is 0.465 e. The molecule has 0 saturated carbocycles. The lowest BCUT2D eigenvalue weighted by Crippen LogP contribution is -2.32. The molecule has 2 N–H and O–H groups in total. The summed E-state index contributed by atoms with van der Waals surface area (Å²) in [6.45, 7) is -0.0753. The number of nitrogens with one attached hydrogen (secondary N) is 1. The Bertz CT molecular complexity index is 1150. The van der Waals surface area contributed by atoms with Gasteiger partial charge in [0.1, 0.15) is 5.82 Å². The van der Waals surface area contributed by atoms with Gasteiger partial charge >= 0.3 is 11.8 Å². The Morgan fingerprint density at radius 2 is 2.17 bits per heavy atom. The van der Waals surface area contributed by atoms with Crippen LogP contribution in [-0.2, 0) is 11.0 Å². The molecule has 0 saturated heterocycles. The first-order chi connectivity index (χ1) is 14.3. The van der Waals surface area contributed by atoms with E-state index in [0.717, 1.165) is 15.5 Å². The first-order valence-corrected chi connectivity index (χ1v) is 10.4. The number of anilines is 1. The fourth-order valence-corrected chi connectivity index (χ4v) is 3.46. The van der Waals surface area contributed by atoms with Crippen LogP contribution < -0.4 is 15.4 Å². The lowest BCUT2D eigenvalue weighted by atomic mass is 10.3. The molecule has 2 aromatic heterocycles. The Hall–Kier alpha value is -2.91. The number of nitrogens with zero attached hydrogens (tertiary/aromatic N) is 5. The number of hydrogen-bond donors (Lipinski definition) is 2. The van der Waals surface area contributed by atoms with Crippen LogP contribution in [0.1, 0.15) is 6.42 Å². The van der Waals surface area contributed by atoms with Gasteiger partial charge in [-0.05, 0) is 57.9 Å². The Morgan fingerprint density at radius 1 is 1.40 bits per heavy atom. The monoisotopic (exact) mass is 504 g/mol. The molecule has 0 spiro atoms. The summed E-state index contributed by atoms with van der Waals surface area (Å²) >= 11 is 3.03. The second kappa shape index (κ2) is 9.27. The highest BCUT2D eigenvalue weighted by molar-refractivity contribution is 9.10. The summed E-state index contributed by atoms with van der Waals surface area (Å²) < 4.78 is 38.0. The second-order valence-electron chi connectivity index (χ2n) is 5.68. The van der Waals surface area contributed by atoms with Gasteiger partial charge in [0.25, 0.3) is 0 Å². The van der Waals surface area contributed by atoms with Crippen molar-refractivity contribution in [2.45, 2.75) is 6.42 Å². The summed E-state index contributed by atoms with van der Waals surface area (Å²) in [4.78, 5) is 24.8. The van der Waals surface area contributed by atoms with Crippen LogP contribution in [-0.4, -0.2) is 54.8 Å². The van der Waals surface area contributed by atoms with E-state index in [-0.39, 0.29) is 46.2 Å².